The molecule has 0 amide bonds. The maximum Gasteiger partial charge on any atom is 0.500 e. The fourth-order valence-electron chi connectivity index (χ4n) is 2.03. The summed E-state index contributed by atoms with van der Waals surface area (Å²) in [5.74, 6) is -10.9. The van der Waals surface area contributed by atoms with E-state index in [0.717, 1.165) is 0 Å². The summed E-state index contributed by atoms with van der Waals surface area (Å²) < 4.78 is 82.1. The number of rotatable bonds is 6. The zero-order chi connectivity index (χ0) is 16.4. The Morgan fingerprint density at radius 2 is 1.10 bits per heavy atom. The van der Waals surface area contributed by atoms with Crippen LogP contribution in [0.4, 0.5) is 22.0 Å². The molecule has 0 aliphatic rings. The summed E-state index contributed by atoms with van der Waals surface area (Å²) in [6, 6.07) is -0.144. The summed E-state index contributed by atoms with van der Waals surface area (Å²) in [5.41, 5.74) is -0.908. The van der Waals surface area contributed by atoms with Crippen LogP contribution in [0.1, 0.15) is 18.4 Å². The number of hydrogen-bond donors (Lipinski definition) is 0. The van der Waals surface area contributed by atoms with Gasteiger partial charge in [-0.1, -0.05) is 6.92 Å². The topological polar surface area (TPSA) is 27.7 Å². The van der Waals surface area contributed by atoms with Gasteiger partial charge >= 0.3 is 8.80 Å². The first-order valence-electron chi connectivity index (χ1n) is 5.91. The Bertz CT molecular complexity index is 485. The lowest BCUT2D eigenvalue weighted by Gasteiger charge is -2.27. The van der Waals surface area contributed by atoms with Crippen LogP contribution in [0.5, 0.6) is 0 Å². The first-order valence-corrected chi connectivity index (χ1v) is 7.84. The van der Waals surface area contributed by atoms with Crippen molar-refractivity contribution in [2.75, 3.05) is 21.3 Å². The van der Waals surface area contributed by atoms with Gasteiger partial charge in [0.15, 0.2) is 23.3 Å². The Balaban J connectivity index is 3.28. The molecule has 0 aromatic heterocycles. The van der Waals surface area contributed by atoms with E-state index in [9.17, 15) is 22.0 Å². The van der Waals surface area contributed by atoms with Crippen molar-refractivity contribution < 1.29 is 35.2 Å². The standard InChI is InChI=1S/C12H15F5O3Si/c1-6(5-21(18-2,19-3)20-4)7-8(13)10(15)12(17)11(16)9(7)14/h6H,5H2,1-4H3. The molecule has 1 rings (SSSR count). The molecular weight excluding hydrogens is 315 g/mol. The van der Waals surface area contributed by atoms with Crippen molar-refractivity contribution in [3.8, 4) is 0 Å². The largest absolute Gasteiger partial charge is 0.500 e. The Morgan fingerprint density at radius 1 is 0.762 bits per heavy atom. The van der Waals surface area contributed by atoms with Crippen LogP contribution in [0, 0.1) is 29.1 Å². The summed E-state index contributed by atoms with van der Waals surface area (Å²) in [6.07, 6.45) is 0. The quantitative estimate of drug-likeness (QED) is 0.346. The van der Waals surface area contributed by atoms with Gasteiger partial charge in [-0.05, 0) is 5.92 Å². The number of benzene rings is 1. The average Bonchev–Trinajstić information content (AvgIpc) is 2.49. The van der Waals surface area contributed by atoms with Crippen LogP contribution in [0.3, 0.4) is 0 Å². The van der Waals surface area contributed by atoms with Gasteiger partial charge in [0.05, 0.1) is 0 Å². The van der Waals surface area contributed by atoms with Crippen molar-refractivity contribution in [2.45, 2.75) is 18.9 Å². The van der Waals surface area contributed by atoms with E-state index in [2.05, 4.69) is 0 Å². The van der Waals surface area contributed by atoms with Gasteiger partial charge < -0.3 is 13.3 Å². The van der Waals surface area contributed by atoms with Gasteiger partial charge in [-0.25, -0.2) is 22.0 Å². The maximum absolute atomic E-state index is 13.7. The Kier molecular flexibility index (Phi) is 5.85. The van der Waals surface area contributed by atoms with Gasteiger partial charge in [-0.15, -0.1) is 0 Å². The van der Waals surface area contributed by atoms with Gasteiger partial charge in [-0.3, -0.25) is 0 Å². The fraction of sp³-hybridized carbons (Fsp3) is 0.500. The SMILES string of the molecule is CO[Si](CC(C)c1c(F)c(F)c(F)c(F)c1F)(OC)OC. The van der Waals surface area contributed by atoms with Crippen LogP contribution in [0.2, 0.25) is 6.04 Å². The summed E-state index contributed by atoms with van der Waals surface area (Å²) in [7, 11) is 0.617. The lowest BCUT2D eigenvalue weighted by Crippen LogP contribution is -2.44. The molecule has 0 fully saturated rings. The summed E-state index contributed by atoms with van der Waals surface area (Å²) in [5, 5.41) is 0. The summed E-state index contributed by atoms with van der Waals surface area (Å²) >= 11 is 0. The molecule has 1 atom stereocenters. The van der Waals surface area contributed by atoms with E-state index in [1.54, 1.807) is 0 Å². The summed E-state index contributed by atoms with van der Waals surface area (Å²) in [6.45, 7) is 1.30. The molecule has 1 aromatic carbocycles. The van der Waals surface area contributed by atoms with E-state index in [1.165, 1.54) is 28.3 Å². The van der Waals surface area contributed by atoms with Crippen molar-refractivity contribution >= 4 is 8.80 Å². The lowest BCUT2D eigenvalue weighted by atomic mass is 10.0. The van der Waals surface area contributed by atoms with E-state index in [4.69, 9.17) is 13.3 Å². The van der Waals surface area contributed by atoms with Gasteiger partial charge in [0.25, 0.3) is 0 Å². The van der Waals surface area contributed by atoms with Crippen LogP contribution in [0.25, 0.3) is 0 Å². The Morgan fingerprint density at radius 3 is 1.43 bits per heavy atom. The third kappa shape index (κ3) is 3.25. The normalized spacial score (nSPS) is 13.6. The predicted octanol–water partition coefficient (Wildman–Crippen LogP) is 3.36. The second-order valence-corrected chi connectivity index (χ2v) is 7.38. The zero-order valence-electron chi connectivity index (χ0n) is 11.9. The fourth-order valence-corrected chi connectivity index (χ4v) is 3.99. The van der Waals surface area contributed by atoms with Crippen LogP contribution >= 0.6 is 0 Å². The minimum absolute atomic E-state index is 0.144. The molecule has 0 radical (unpaired) electrons. The van der Waals surface area contributed by atoms with Crippen LogP contribution < -0.4 is 0 Å². The van der Waals surface area contributed by atoms with Crippen molar-refractivity contribution in [1.82, 2.24) is 0 Å². The van der Waals surface area contributed by atoms with E-state index in [0.29, 0.717) is 0 Å². The maximum atomic E-state index is 13.7. The van der Waals surface area contributed by atoms with E-state index < -0.39 is 49.4 Å². The highest BCUT2D eigenvalue weighted by atomic mass is 28.4. The number of halogens is 5. The predicted molar refractivity (Wildman–Crippen MR) is 66.2 cm³/mol. The van der Waals surface area contributed by atoms with E-state index in [1.807, 2.05) is 0 Å². The highest BCUT2D eigenvalue weighted by Gasteiger charge is 2.42. The molecule has 0 aliphatic carbocycles. The molecule has 120 valence electrons. The molecule has 0 aliphatic heterocycles. The molecule has 0 spiro atoms. The molecule has 0 saturated heterocycles. The highest BCUT2D eigenvalue weighted by Crippen LogP contribution is 2.34. The van der Waals surface area contributed by atoms with Crippen molar-refractivity contribution in [3.63, 3.8) is 0 Å². The van der Waals surface area contributed by atoms with Crippen molar-refractivity contribution in [1.29, 1.82) is 0 Å². The molecule has 0 bridgehead atoms. The molecule has 1 unspecified atom stereocenters. The highest BCUT2D eigenvalue weighted by molar-refractivity contribution is 6.60. The van der Waals surface area contributed by atoms with Crippen molar-refractivity contribution in [2.24, 2.45) is 0 Å². The van der Waals surface area contributed by atoms with Crippen LogP contribution in [-0.4, -0.2) is 30.1 Å². The van der Waals surface area contributed by atoms with Gasteiger partial charge in [-0.2, -0.15) is 0 Å². The molecule has 0 saturated carbocycles. The van der Waals surface area contributed by atoms with Crippen molar-refractivity contribution in [3.05, 3.63) is 34.6 Å². The molecule has 0 N–H and O–H groups in total. The van der Waals surface area contributed by atoms with Gasteiger partial charge in [0.1, 0.15) is 0 Å². The average molecular weight is 330 g/mol. The first-order chi connectivity index (χ1) is 9.74. The monoisotopic (exact) mass is 330 g/mol. The van der Waals surface area contributed by atoms with Gasteiger partial charge in [0.2, 0.25) is 5.82 Å². The second kappa shape index (κ2) is 6.82. The lowest BCUT2D eigenvalue weighted by molar-refractivity contribution is 0.121. The van der Waals surface area contributed by atoms with E-state index >= 15 is 0 Å². The first kappa shape index (κ1) is 18.0. The second-order valence-electron chi connectivity index (χ2n) is 4.38. The third-order valence-corrected chi connectivity index (χ3v) is 6.20. The molecule has 9 heteroatoms. The molecule has 21 heavy (non-hydrogen) atoms. The molecular formula is C12H15F5O3Si. The molecule has 3 nitrogen and oxygen atoms in total. The van der Waals surface area contributed by atoms with Crippen LogP contribution in [-0.2, 0) is 13.3 Å². The minimum atomic E-state index is -3.23. The zero-order valence-corrected chi connectivity index (χ0v) is 12.9. The molecule has 0 heterocycles. The number of hydrogen-bond acceptors (Lipinski definition) is 3. The Hall–Kier alpha value is -1.03. The molecule has 1 aromatic rings. The Labute approximate surface area is 120 Å². The smallest absolute Gasteiger partial charge is 0.377 e. The van der Waals surface area contributed by atoms with Crippen LogP contribution in [0.15, 0.2) is 0 Å². The van der Waals surface area contributed by atoms with Gasteiger partial charge in [0, 0.05) is 32.9 Å². The van der Waals surface area contributed by atoms with E-state index in [-0.39, 0.29) is 6.04 Å². The minimum Gasteiger partial charge on any atom is -0.377 e. The summed E-state index contributed by atoms with van der Waals surface area (Å²) in [4.78, 5) is 0. The third-order valence-electron chi connectivity index (χ3n) is 3.23.